The van der Waals surface area contributed by atoms with E-state index in [9.17, 15) is 4.79 Å². The summed E-state index contributed by atoms with van der Waals surface area (Å²) in [4.78, 5) is 16.6. The van der Waals surface area contributed by atoms with Gasteiger partial charge in [-0.25, -0.2) is 9.67 Å². The van der Waals surface area contributed by atoms with Gasteiger partial charge in [-0.15, -0.1) is 0 Å². The number of aromatic nitrogens is 3. The fourth-order valence-electron chi connectivity index (χ4n) is 1.87. The van der Waals surface area contributed by atoms with Gasteiger partial charge in [0.2, 0.25) is 0 Å². The van der Waals surface area contributed by atoms with Crippen LogP contribution in [0, 0.1) is 5.92 Å². The fraction of sp³-hybridized carbons (Fsp3) is 0.357. The number of nitrogens with zero attached hydrogens (tertiary/aromatic N) is 3. The van der Waals surface area contributed by atoms with E-state index in [-0.39, 0.29) is 12.2 Å². The molecule has 1 heterocycles. The SMILES string of the molecule is CC(C)Cn1ncnc1CC(=O)c1cc(Br)ccc1Br. The van der Waals surface area contributed by atoms with Crippen molar-refractivity contribution in [1.29, 1.82) is 0 Å². The number of rotatable bonds is 5. The minimum atomic E-state index is 0.0242. The van der Waals surface area contributed by atoms with Gasteiger partial charge < -0.3 is 0 Å². The van der Waals surface area contributed by atoms with Crippen LogP contribution in [0.3, 0.4) is 0 Å². The third-order valence-corrected chi connectivity index (χ3v) is 3.97. The van der Waals surface area contributed by atoms with E-state index in [1.54, 1.807) is 4.68 Å². The molecular weight excluding hydrogens is 386 g/mol. The molecule has 0 saturated heterocycles. The molecule has 0 aliphatic rings. The third kappa shape index (κ3) is 3.76. The Kier molecular flexibility index (Phi) is 5.10. The molecule has 4 nitrogen and oxygen atoms in total. The Morgan fingerprint density at radius 3 is 2.80 bits per heavy atom. The molecule has 0 bridgehead atoms. The summed E-state index contributed by atoms with van der Waals surface area (Å²) < 4.78 is 3.47. The lowest BCUT2D eigenvalue weighted by Gasteiger charge is -2.09. The molecule has 0 N–H and O–H groups in total. The van der Waals surface area contributed by atoms with Gasteiger partial charge in [0.1, 0.15) is 12.2 Å². The molecule has 0 aliphatic heterocycles. The van der Waals surface area contributed by atoms with Gasteiger partial charge in [0.15, 0.2) is 5.78 Å². The number of Topliss-reactive ketones (excluding diaryl/α,β-unsaturated/α-hetero) is 1. The molecule has 1 aromatic carbocycles. The normalized spacial score (nSPS) is 11.1. The van der Waals surface area contributed by atoms with Crippen molar-refractivity contribution < 1.29 is 4.79 Å². The van der Waals surface area contributed by atoms with E-state index in [4.69, 9.17) is 0 Å². The first-order chi connectivity index (χ1) is 9.47. The number of carbonyl (C=O) groups is 1. The lowest BCUT2D eigenvalue weighted by Crippen LogP contribution is -2.14. The fourth-order valence-corrected chi connectivity index (χ4v) is 2.70. The number of hydrogen-bond donors (Lipinski definition) is 0. The Morgan fingerprint density at radius 1 is 1.35 bits per heavy atom. The van der Waals surface area contributed by atoms with Gasteiger partial charge in [0, 0.05) is 21.1 Å². The van der Waals surface area contributed by atoms with Crippen molar-refractivity contribution in [2.24, 2.45) is 5.92 Å². The highest BCUT2D eigenvalue weighted by Crippen LogP contribution is 2.23. The monoisotopic (exact) mass is 399 g/mol. The predicted molar refractivity (Wildman–Crippen MR) is 84.7 cm³/mol. The number of hydrogen-bond acceptors (Lipinski definition) is 3. The average Bonchev–Trinajstić information content (AvgIpc) is 2.78. The second-order valence-corrected chi connectivity index (χ2v) is 6.75. The van der Waals surface area contributed by atoms with E-state index in [1.165, 1.54) is 6.33 Å². The van der Waals surface area contributed by atoms with Crippen molar-refractivity contribution in [3.8, 4) is 0 Å². The molecule has 0 aliphatic carbocycles. The molecule has 1 aromatic heterocycles. The Balaban J connectivity index is 2.20. The molecule has 0 amide bonds. The lowest BCUT2D eigenvalue weighted by molar-refractivity contribution is 0.0988. The number of ketones is 1. The predicted octanol–water partition coefficient (Wildman–Crippen LogP) is 3.88. The maximum atomic E-state index is 12.4. The van der Waals surface area contributed by atoms with Gasteiger partial charge in [-0.3, -0.25) is 4.79 Å². The zero-order chi connectivity index (χ0) is 14.7. The molecule has 0 radical (unpaired) electrons. The Bertz CT molecular complexity index is 623. The largest absolute Gasteiger partial charge is 0.294 e. The van der Waals surface area contributed by atoms with Crippen molar-refractivity contribution >= 4 is 37.6 Å². The highest BCUT2D eigenvalue weighted by molar-refractivity contribution is 9.11. The van der Waals surface area contributed by atoms with Crippen molar-refractivity contribution in [3.63, 3.8) is 0 Å². The van der Waals surface area contributed by atoms with Crippen LogP contribution in [0.15, 0.2) is 33.5 Å². The van der Waals surface area contributed by atoms with E-state index in [0.717, 1.165) is 15.5 Å². The Labute approximate surface area is 134 Å². The zero-order valence-corrected chi connectivity index (χ0v) is 14.5. The Morgan fingerprint density at radius 2 is 2.10 bits per heavy atom. The third-order valence-electron chi connectivity index (χ3n) is 2.78. The van der Waals surface area contributed by atoms with Gasteiger partial charge in [-0.1, -0.05) is 45.7 Å². The van der Waals surface area contributed by atoms with Crippen LogP contribution >= 0.6 is 31.9 Å². The minimum absolute atomic E-state index is 0.0242. The topological polar surface area (TPSA) is 47.8 Å². The van der Waals surface area contributed by atoms with Crippen molar-refractivity contribution in [2.45, 2.75) is 26.8 Å². The van der Waals surface area contributed by atoms with Gasteiger partial charge in [0.05, 0.1) is 6.42 Å². The standard InChI is InChI=1S/C14H15Br2N3O/c1-9(2)7-19-14(17-8-18-19)6-13(20)11-5-10(15)3-4-12(11)16/h3-5,8-9H,6-7H2,1-2H3. The summed E-state index contributed by atoms with van der Waals surface area (Å²) in [6.45, 7) is 4.98. The summed E-state index contributed by atoms with van der Waals surface area (Å²) in [7, 11) is 0. The second-order valence-electron chi connectivity index (χ2n) is 4.98. The van der Waals surface area contributed by atoms with Crippen LogP contribution in [0.5, 0.6) is 0 Å². The van der Waals surface area contributed by atoms with Gasteiger partial charge >= 0.3 is 0 Å². The maximum absolute atomic E-state index is 12.4. The van der Waals surface area contributed by atoms with Crippen molar-refractivity contribution in [3.05, 3.63) is 44.9 Å². The molecule has 0 spiro atoms. The average molecular weight is 401 g/mol. The molecule has 6 heteroatoms. The van der Waals surface area contributed by atoms with E-state index < -0.39 is 0 Å². The summed E-state index contributed by atoms with van der Waals surface area (Å²) in [5.41, 5.74) is 0.651. The molecule has 0 fully saturated rings. The highest BCUT2D eigenvalue weighted by atomic mass is 79.9. The number of carbonyl (C=O) groups excluding carboxylic acids is 1. The first kappa shape index (κ1) is 15.4. The van der Waals surface area contributed by atoms with Crippen LogP contribution in [0.2, 0.25) is 0 Å². The first-order valence-corrected chi connectivity index (χ1v) is 7.91. The minimum Gasteiger partial charge on any atom is -0.294 e. The van der Waals surface area contributed by atoms with E-state index in [1.807, 2.05) is 18.2 Å². The summed E-state index contributed by atoms with van der Waals surface area (Å²) >= 11 is 6.79. The molecule has 0 saturated carbocycles. The molecule has 106 valence electrons. The van der Waals surface area contributed by atoms with Crippen molar-refractivity contribution in [1.82, 2.24) is 14.8 Å². The molecule has 2 aromatic rings. The van der Waals surface area contributed by atoms with Gasteiger partial charge in [-0.05, 0) is 24.1 Å². The zero-order valence-electron chi connectivity index (χ0n) is 11.3. The lowest BCUT2D eigenvalue weighted by atomic mass is 10.1. The molecule has 20 heavy (non-hydrogen) atoms. The summed E-state index contributed by atoms with van der Waals surface area (Å²) in [6, 6.07) is 5.56. The van der Waals surface area contributed by atoms with Crippen LogP contribution in [0.25, 0.3) is 0 Å². The maximum Gasteiger partial charge on any atom is 0.171 e. The van der Waals surface area contributed by atoms with E-state index >= 15 is 0 Å². The number of benzene rings is 1. The van der Waals surface area contributed by atoms with E-state index in [0.29, 0.717) is 17.3 Å². The van der Waals surface area contributed by atoms with Crippen molar-refractivity contribution in [2.75, 3.05) is 0 Å². The van der Waals surface area contributed by atoms with Crippen LogP contribution < -0.4 is 0 Å². The first-order valence-electron chi connectivity index (χ1n) is 6.32. The molecule has 0 atom stereocenters. The van der Waals surface area contributed by atoms with Crippen LogP contribution in [0.1, 0.15) is 30.0 Å². The van der Waals surface area contributed by atoms with Crippen LogP contribution in [0.4, 0.5) is 0 Å². The highest BCUT2D eigenvalue weighted by Gasteiger charge is 2.15. The Hall–Kier alpha value is -1.01. The van der Waals surface area contributed by atoms with Crippen LogP contribution in [-0.4, -0.2) is 20.5 Å². The summed E-state index contributed by atoms with van der Waals surface area (Å²) in [5.74, 6) is 1.19. The van der Waals surface area contributed by atoms with Crippen LogP contribution in [-0.2, 0) is 13.0 Å². The smallest absolute Gasteiger partial charge is 0.171 e. The summed E-state index contributed by atoms with van der Waals surface area (Å²) in [6.07, 6.45) is 1.75. The van der Waals surface area contributed by atoms with Gasteiger partial charge in [0.25, 0.3) is 0 Å². The molecule has 0 unspecified atom stereocenters. The number of halogens is 2. The molecular formula is C14H15Br2N3O. The van der Waals surface area contributed by atoms with E-state index in [2.05, 4.69) is 55.8 Å². The second kappa shape index (κ2) is 6.63. The van der Waals surface area contributed by atoms with Gasteiger partial charge in [-0.2, -0.15) is 5.10 Å². The quantitative estimate of drug-likeness (QED) is 0.715. The summed E-state index contributed by atoms with van der Waals surface area (Å²) in [5, 5.41) is 4.18. The molecule has 2 rings (SSSR count).